The van der Waals surface area contributed by atoms with Gasteiger partial charge in [0.15, 0.2) is 0 Å². The second-order valence-electron chi connectivity index (χ2n) is 4.50. The zero-order valence-electron chi connectivity index (χ0n) is 11.1. The van der Waals surface area contributed by atoms with Crippen LogP contribution in [-0.2, 0) is 14.2 Å². The molecule has 0 aliphatic carbocycles. The third-order valence-corrected chi connectivity index (χ3v) is 2.03. The molecule has 0 aromatic carbocycles. The van der Waals surface area contributed by atoms with Crippen LogP contribution in [0.1, 0.15) is 20.3 Å². The van der Waals surface area contributed by atoms with E-state index in [-0.39, 0.29) is 19.6 Å². The normalized spacial score (nSPS) is 12.9. The lowest BCUT2D eigenvalue weighted by molar-refractivity contribution is -0.138. The fraction of sp³-hybridized carbons (Fsp3) is 0.778. The number of rotatable bonds is 6. The first kappa shape index (κ1) is 21.3. The lowest BCUT2D eigenvalue weighted by atomic mass is 9.87. The quantitative estimate of drug-likeness (QED) is 0.273. The molecule has 0 aliphatic rings. The van der Waals surface area contributed by atoms with Crippen LogP contribution in [0.5, 0.6) is 0 Å². The summed E-state index contributed by atoms with van der Waals surface area (Å²) in [6, 6.07) is 0. The van der Waals surface area contributed by atoms with Gasteiger partial charge in [0.1, 0.15) is 6.10 Å². The van der Waals surface area contributed by atoms with Crippen molar-refractivity contribution >= 4 is 19.7 Å². The van der Waals surface area contributed by atoms with Crippen LogP contribution in [0.4, 0.5) is 0 Å². The monoisotopic (exact) mass is 317 g/mol. The van der Waals surface area contributed by atoms with Crippen molar-refractivity contribution in [2.24, 2.45) is 5.41 Å². The zero-order chi connectivity index (χ0) is 16.6. The second kappa shape index (κ2) is 9.01. The fourth-order valence-corrected chi connectivity index (χ4v) is 0.831. The Morgan fingerprint density at radius 1 is 1.25 bits per heavy atom. The molecule has 20 heavy (non-hydrogen) atoms. The Morgan fingerprint density at radius 3 is 1.95 bits per heavy atom. The number of nitrogens with one attached hydrogen (secondary N) is 1. The van der Waals surface area contributed by atoms with E-state index in [9.17, 15) is 14.7 Å². The van der Waals surface area contributed by atoms with Crippen LogP contribution < -0.4 is 5.32 Å². The molecule has 0 rings (SSSR count). The number of amides is 1. The molecule has 0 aromatic rings. The molecular formula is C9H20NO9P. The number of carboxylic acid groups (broad SMARTS) is 1. The highest BCUT2D eigenvalue weighted by molar-refractivity contribution is 7.45. The van der Waals surface area contributed by atoms with Crippen molar-refractivity contribution in [1.82, 2.24) is 5.32 Å². The highest BCUT2D eigenvalue weighted by Gasteiger charge is 2.32. The Morgan fingerprint density at radius 2 is 1.65 bits per heavy atom. The van der Waals surface area contributed by atoms with Crippen molar-refractivity contribution in [3.8, 4) is 0 Å². The molecule has 0 unspecified atom stereocenters. The van der Waals surface area contributed by atoms with E-state index >= 15 is 0 Å². The summed E-state index contributed by atoms with van der Waals surface area (Å²) in [7, 11) is -4.64. The predicted molar refractivity (Wildman–Crippen MR) is 66.4 cm³/mol. The molecule has 0 radical (unpaired) electrons. The second-order valence-corrected chi connectivity index (χ2v) is 5.52. The summed E-state index contributed by atoms with van der Waals surface area (Å²) in [5, 5.41) is 29.0. The van der Waals surface area contributed by atoms with Crippen LogP contribution in [0.2, 0.25) is 0 Å². The summed E-state index contributed by atoms with van der Waals surface area (Å²) in [5.74, 6) is -1.69. The molecule has 0 aromatic heterocycles. The van der Waals surface area contributed by atoms with Gasteiger partial charge in [-0.3, -0.25) is 9.59 Å². The summed E-state index contributed by atoms with van der Waals surface area (Å²) >= 11 is 0. The van der Waals surface area contributed by atoms with Gasteiger partial charge in [-0.05, 0) is 0 Å². The van der Waals surface area contributed by atoms with Gasteiger partial charge in [0.2, 0.25) is 5.91 Å². The number of carbonyl (C=O) groups excluding carboxylic acids is 1. The van der Waals surface area contributed by atoms with Crippen LogP contribution >= 0.6 is 7.82 Å². The van der Waals surface area contributed by atoms with Gasteiger partial charge in [0.05, 0.1) is 13.0 Å². The third kappa shape index (κ3) is 13.4. The molecule has 0 saturated carbocycles. The van der Waals surface area contributed by atoms with Gasteiger partial charge in [-0.1, -0.05) is 13.8 Å². The van der Waals surface area contributed by atoms with E-state index in [0.717, 1.165) is 0 Å². The number of carboxylic acids is 1. The van der Waals surface area contributed by atoms with Crippen LogP contribution in [0.15, 0.2) is 0 Å². The molecule has 11 heteroatoms. The van der Waals surface area contributed by atoms with Crippen molar-refractivity contribution in [2.75, 3.05) is 13.2 Å². The Kier molecular flexibility index (Phi) is 9.58. The Hall–Kier alpha value is -1.03. The number of aliphatic hydroxyl groups is 2. The molecule has 0 spiro atoms. The number of hydrogen-bond acceptors (Lipinski definition) is 5. The molecule has 120 valence electrons. The molecule has 0 heterocycles. The first-order valence-corrected chi connectivity index (χ1v) is 6.94. The van der Waals surface area contributed by atoms with Crippen molar-refractivity contribution in [3.05, 3.63) is 0 Å². The molecule has 1 amide bonds. The number of hydrogen-bond donors (Lipinski definition) is 7. The van der Waals surface area contributed by atoms with E-state index in [1.807, 2.05) is 0 Å². The SMILES string of the molecule is CC(C)(CO)[C@@H](O)C(=O)NCCC(=O)O.O=P(O)(O)O. The first-order chi connectivity index (χ1) is 8.81. The lowest BCUT2D eigenvalue weighted by Crippen LogP contribution is -2.45. The Labute approximate surface area is 115 Å². The van der Waals surface area contributed by atoms with Crippen molar-refractivity contribution in [3.63, 3.8) is 0 Å². The summed E-state index contributed by atoms with van der Waals surface area (Å²) in [4.78, 5) is 43.0. The molecule has 0 bridgehead atoms. The number of aliphatic hydroxyl groups excluding tert-OH is 2. The van der Waals surface area contributed by atoms with Gasteiger partial charge in [0, 0.05) is 12.0 Å². The largest absolute Gasteiger partial charge is 0.481 e. The van der Waals surface area contributed by atoms with Crippen molar-refractivity contribution in [2.45, 2.75) is 26.4 Å². The Balaban J connectivity index is 0. The maximum Gasteiger partial charge on any atom is 0.466 e. The fourth-order valence-electron chi connectivity index (χ4n) is 0.831. The van der Waals surface area contributed by atoms with Crippen molar-refractivity contribution in [1.29, 1.82) is 0 Å². The minimum absolute atomic E-state index is 0.0350. The highest BCUT2D eigenvalue weighted by atomic mass is 31.2. The molecule has 0 aliphatic heterocycles. The maximum absolute atomic E-state index is 11.3. The number of carbonyl (C=O) groups is 2. The van der Waals surface area contributed by atoms with Gasteiger partial charge in [-0.15, -0.1) is 0 Å². The molecule has 1 atom stereocenters. The highest BCUT2D eigenvalue weighted by Crippen LogP contribution is 2.25. The van der Waals surface area contributed by atoms with Gasteiger partial charge in [-0.25, -0.2) is 4.57 Å². The Bertz CT molecular complexity index is 356. The summed E-state index contributed by atoms with van der Waals surface area (Å²) in [6.07, 6.45) is -1.55. The zero-order valence-corrected chi connectivity index (χ0v) is 11.9. The third-order valence-electron chi connectivity index (χ3n) is 2.03. The van der Waals surface area contributed by atoms with Gasteiger partial charge in [-0.2, -0.15) is 0 Å². The van der Waals surface area contributed by atoms with Crippen molar-refractivity contribution < 1.29 is 44.2 Å². The summed E-state index contributed by atoms with van der Waals surface area (Å²) < 4.78 is 8.88. The van der Waals surface area contributed by atoms with Gasteiger partial charge in [0.25, 0.3) is 0 Å². The van der Waals surface area contributed by atoms with Crippen LogP contribution in [0.25, 0.3) is 0 Å². The number of phosphoric acid groups is 1. The average molecular weight is 317 g/mol. The van der Waals surface area contributed by atoms with Crippen LogP contribution in [0, 0.1) is 5.41 Å². The minimum atomic E-state index is -4.64. The molecule has 0 saturated heterocycles. The first-order valence-electron chi connectivity index (χ1n) is 5.38. The van der Waals surface area contributed by atoms with E-state index in [4.69, 9.17) is 29.5 Å². The maximum atomic E-state index is 11.3. The molecular weight excluding hydrogens is 297 g/mol. The summed E-state index contributed by atoms with van der Waals surface area (Å²) in [6.45, 7) is 2.70. The summed E-state index contributed by atoms with van der Waals surface area (Å²) in [5.41, 5.74) is -0.937. The number of aliphatic carboxylic acids is 1. The lowest BCUT2D eigenvalue weighted by Gasteiger charge is -2.26. The molecule has 10 nitrogen and oxygen atoms in total. The van der Waals surface area contributed by atoms with E-state index in [0.29, 0.717) is 0 Å². The average Bonchev–Trinajstić information content (AvgIpc) is 2.25. The van der Waals surface area contributed by atoms with E-state index in [2.05, 4.69) is 5.32 Å². The topological polar surface area (TPSA) is 185 Å². The minimum Gasteiger partial charge on any atom is -0.481 e. The smallest absolute Gasteiger partial charge is 0.466 e. The van der Waals surface area contributed by atoms with Gasteiger partial charge < -0.3 is 35.3 Å². The van der Waals surface area contributed by atoms with E-state index in [1.54, 1.807) is 0 Å². The van der Waals surface area contributed by atoms with Crippen LogP contribution in [-0.4, -0.2) is 61.1 Å². The van der Waals surface area contributed by atoms with E-state index in [1.165, 1.54) is 13.8 Å². The van der Waals surface area contributed by atoms with Gasteiger partial charge >= 0.3 is 13.8 Å². The molecule has 0 fully saturated rings. The molecule has 7 N–H and O–H groups in total. The predicted octanol–water partition coefficient (Wildman–Crippen LogP) is -1.97. The standard InChI is InChI=1S/C9H17NO5.H3O4P/c1-9(2,5-11)7(14)8(15)10-4-3-6(12)13;1-5(2,3)4/h7,11,14H,3-5H2,1-2H3,(H,10,15)(H,12,13);(H3,1,2,3,4)/t7-;/m0./s1. The van der Waals surface area contributed by atoms with E-state index < -0.39 is 31.2 Å². The van der Waals surface area contributed by atoms with Crippen LogP contribution in [0.3, 0.4) is 0 Å².